The van der Waals surface area contributed by atoms with E-state index in [2.05, 4.69) is 10.2 Å². The van der Waals surface area contributed by atoms with Crippen LogP contribution in [0.4, 0.5) is 5.69 Å². The van der Waals surface area contributed by atoms with E-state index in [1.807, 2.05) is 24.5 Å². The second-order valence-electron chi connectivity index (χ2n) is 4.36. The zero-order valence-corrected chi connectivity index (χ0v) is 10.5. The Morgan fingerprint density at radius 3 is 2.72 bits per heavy atom. The standard InChI is InChI=1S/C12H14N4O2/c1-8(2)15-7-13-14-12(15)10-5-4-6-11(9(10)3)16(17)18/h4-8H,1-3H3. The number of nitro groups is 1. The summed E-state index contributed by atoms with van der Waals surface area (Å²) in [5.74, 6) is 0.659. The first-order chi connectivity index (χ1) is 8.52. The van der Waals surface area contributed by atoms with Gasteiger partial charge in [-0.25, -0.2) is 0 Å². The predicted molar refractivity (Wildman–Crippen MR) is 67.2 cm³/mol. The van der Waals surface area contributed by atoms with E-state index in [0.717, 1.165) is 5.56 Å². The van der Waals surface area contributed by atoms with Gasteiger partial charge in [0.2, 0.25) is 0 Å². The normalized spacial score (nSPS) is 10.9. The van der Waals surface area contributed by atoms with Crippen LogP contribution in [0.3, 0.4) is 0 Å². The van der Waals surface area contributed by atoms with Crippen LogP contribution in [0.15, 0.2) is 24.5 Å². The molecule has 1 aromatic carbocycles. The van der Waals surface area contributed by atoms with Crippen molar-refractivity contribution in [3.05, 3.63) is 40.2 Å². The molecule has 1 heterocycles. The van der Waals surface area contributed by atoms with E-state index in [1.165, 1.54) is 6.07 Å². The maximum atomic E-state index is 10.9. The SMILES string of the molecule is Cc1c(-c2nncn2C(C)C)cccc1[N+](=O)[O-]. The highest BCUT2D eigenvalue weighted by atomic mass is 16.6. The van der Waals surface area contributed by atoms with Gasteiger partial charge in [0.05, 0.1) is 4.92 Å². The van der Waals surface area contributed by atoms with Gasteiger partial charge in [-0.1, -0.05) is 12.1 Å². The minimum absolute atomic E-state index is 0.103. The third kappa shape index (κ3) is 1.97. The van der Waals surface area contributed by atoms with Crippen molar-refractivity contribution in [3.63, 3.8) is 0 Å². The van der Waals surface area contributed by atoms with E-state index in [-0.39, 0.29) is 16.7 Å². The molecule has 0 saturated carbocycles. The molecule has 94 valence electrons. The summed E-state index contributed by atoms with van der Waals surface area (Å²) < 4.78 is 1.89. The number of hydrogen-bond donors (Lipinski definition) is 0. The van der Waals surface area contributed by atoms with E-state index in [1.54, 1.807) is 19.3 Å². The molecule has 0 aliphatic rings. The van der Waals surface area contributed by atoms with Crippen LogP contribution < -0.4 is 0 Å². The first kappa shape index (κ1) is 12.2. The van der Waals surface area contributed by atoms with Crippen LogP contribution in [0.25, 0.3) is 11.4 Å². The molecule has 6 nitrogen and oxygen atoms in total. The molecule has 0 fully saturated rings. The van der Waals surface area contributed by atoms with Gasteiger partial charge in [-0.2, -0.15) is 0 Å². The fourth-order valence-electron chi connectivity index (χ4n) is 1.88. The molecule has 0 aliphatic carbocycles. The fraction of sp³-hybridized carbons (Fsp3) is 0.333. The molecule has 0 aliphatic heterocycles. The fourth-order valence-corrected chi connectivity index (χ4v) is 1.88. The Balaban J connectivity index is 2.61. The molecule has 0 radical (unpaired) electrons. The third-order valence-corrected chi connectivity index (χ3v) is 2.87. The summed E-state index contributed by atoms with van der Waals surface area (Å²) in [5.41, 5.74) is 1.46. The van der Waals surface area contributed by atoms with Gasteiger partial charge < -0.3 is 4.57 Å². The number of nitro benzene ring substituents is 1. The minimum Gasteiger partial charge on any atom is -0.311 e. The summed E-state index contributed by atoms with van der Waals surface area (Å²) in [6.07, 6.45) is 1.64. The van der Waals surface area contributed by atoms with Crippen LogP contribution in [0.1, 0.15) is 25.5 Å². The van der Waals surface area contributed by atoms with Gasteiger partial charge >= 0.3 is 0 Å². The smallest absolute Gasteiger partial charge is 0.273 e. The topological polar surface area (TPSA) is 73.8 Å². The van der Waals surface area contributed by atoms with E-state index in [0.29, 0.717) is 11.4 Å². The summed E-state index contributed by atoms with van der Waals surface area (Å²) in [5, 5.41) is 18.9. The lowest BCUT2D eigenvalue weighted by Crippen LogP contribution is -2.03. The number of benzene rings is 1. The molecule has 1 aromatic heterocycles. The Bertz CT molecular complexity index is 590. The summed E-state index contributed by atoms with van der Waals surface area (Å²) in [7, 11) is 0. The van der Waals surface area contributed by atoms with Crippen molar-refractivity contribution >= 4 is 5.69 Å². The number of aromatic nitrogens is 3. The monoisotopic (exact) mass is 246 g/mol. The van der Waals surface area contributed by atoms with Crippen LogP contribution in [-0.2, 0) is 0 Å². The van der Waals surface area contributed by atoms with Gasteiger partial charge in [0, 0.05) is 23.2 Å². The molecule has 0 saturated heterocycles. The summed E-state index contributed by atoms with van der Waals surface area (Å²) in [6, 6.07) is 5.19. The van der Waals surface area contributed by atoms with Crippen LogP contribution in [0, 0.1) is 17.0 Å². The van der Waals surface area contributed by atoms with E-state index < -0.39 is 0 Å². The van der Waals surface area contributed by atoms with Crippen molar-refractivity contribution in [1.29, 1.82) is 0 Å². The van der Waals surface area contributed by atoms with Crippen molar-refractivity contribution < 1.29 is 4.92 Å². The molecular weight excluding hydrogens is 232 g/mol. The highest BCUT2D eigenvalue weighted by Gasteiger charge is 2.18. The predicted octanol–water partition coefficient (Wildman–Crippen LogP) is 2.74. The van der Waals surface area contributed by atoms with Crippen LogP contribution in [-0.4, -0.2) is 19.7 Å². The molecule has 18 heavy (non-hydrogen) atoms. The van der Waals surface area contributed by atoms with Gasteiger partial charge in [0.25, 0.3) is 5.69 Å². The third-order valence-electron chi connectivity index (χ3n) is 2.87. The maximum absolute atomic E-state index is 10.9. The second kappa shape index (κ2) is 4.56. The van der Waals surface area contributed by atoms with Gasteiger partial charge in [-0.15, -0.1) is 10.2 Å². The molecule has 6 heteroatoms. The van der Waals surface area contributed by atoms with Crippen molar-refractivity contribution in [2.75, 3.05) is 0 Å². The van der Waals surface area contributed by atoms with Crippen molar-refractivity contribution in [1.82, 2.24) is 14.8 Å². The summed E-state index contributed by atoms with van der Waals surface area (Å²) in [4.78, 5) is 10.5. The lowest BCUT2D eigenvalue weighted by Gasteiger charge is -2.11. The molecule has 0 spiro atoms. The number of rotatable bonds is 3. The molecule has 2 rings (SSSR count). The molecule has 2 aromatic rings. The lowest BCUT2D eigenvalue weighted by molar-refractivity contribution is -0.385. The zero-order chi connectivity index (χ0) is 13.3. The molecular formula is C12H14N4O2. The van der Waals surface area contributed by atoms with Gasteiger partial charge in [-0.3, -0.25) is 10.1 Å². The Kier molecular flexibility index (Phi) is 3.10. The maximum Gasteiger partial charge on any atom is 0.273 e. The zero-order valence-electron chi connectivity index (χ0n) is 10.5. The summed E-state index contributed by atoms with van der Waals surface area (Å²) in [6.45, 7) is 5.76. The van der Waals surface area contributed by atoms with Gasteiger partial charge in [0.15, 0.2) is 5.82 Å². The average Bonchev–Trinajstić information content (AvgIpc) is 2.77. The van der Waals surface area contributed by atoms with Gasteiger partial charge in [-0.05, 0) is 20.8 Å². The number of nitrogens with zero attached hydrogens (tertiary/aromatic N) is 4. The lowest BCUT2D eigenvalue weighted by atomic mass is 10.1. The highest BCUT2D eigenvalue weighted by Crippen LogP contribution is 2.29. The second-order valence-corrected chi connectivity index (χ2v) is 4.36. The van der Waals surface area contributed by atoms with E-state index in [9.17, 15) is 10.1 Å². The average molecular weight is 246 g/mol. The molecule has 0 amide bonds. The largest absolute Gasteiger partial charge is 0.311 e. The Hall–Kier alpha value is -2.24. The minimum atomic E-state index is -0.380. The Morgan fingerprint density at radius 1 is 1.39 bits per heavy atom. The van der Waals surface area contributed by atoms with Crippen LogP contribution in [0.2, 0.25) is 0 Å². The molecule has 0 unspecified atom stereocenters. The van der Waals surface area contributed by atoms with E-state index in [4.69, 9.17) is 0 Å². The summed E-state index contributed by atoms with van der Waals surface area (Å²) >= 11 is 0. The quantitative estimate of drug-likeness (QED) is 0.616. The first-order valence-electron chi connectivity index (χ1n) is 5.66. The molecule has 0 N–H and O–H groups in total. The highest BCUT2D eigenvalue weighted by molar-refractivity contribution is 5.65. The first-order valence-corrected chi connectivity index (χ1v) is 5.66. The number of hydrogen-bond acceptors (Lipinski definition) is 4. The van der Waals surface area contributed by atoms with Crippen molar-refractivity contribution in [3.8, 4) is 11.4 Å². The van der Waals surface area contributed by atoms with Crippen LogP contribution >= 0.6 is 0 Å². The van der Waals surface area contributed by atoms with Gasteiger partial charge in [0.1, 0.15) is 6.33 Å². The van der Waals surface area contributed by atoms with Crippen molar-refractivity contribution in [2.45, 2.75) is 26.8 Å². The van der Waals surface area contributed by atoms with Crippen molar-refractivity contribution in [2.24, 2.45) is 0 Å². The Morgan fingerprint density at radius 2 is 2.11 bits per heavy atom. The molecule has 0 bridgehead atoms. The molecule has 0 atom stereocenters. The van der Waals surface area contributed by atoms with E-state index >= 15 is 0 Å². The Labute approximate surface area is 104 Å². The van der Waals surface area contributed by atoms with Crippen LogP contribution in [0.5, 0.6) is 0 Å².